The molecule has 136 valence electrons. The third-order valence-corrected chi connectivity index (χ3v) is 4.68. The molecule has 0 fully saturated rings. The van der Waals surface area contributed by atoms with Crippen molar-refractivity contribution in [1.29, 1.82) is 0 Å². The molecule has 27 heavy (non-hydrogen) atoms. The number of benzene rings is 2. The maximum atomic E-state index is 12.4. The van der Waals surface area contributed by atoms with Gasteiger partial charge in [-0.15, -0.1) is 0 Å². The van der Waals surface area contributed by atoms with Gasteiger partial charge in [-0.05, 0) is 35.4 Å². The van der Waals surface area contributed by atoms with Crippen molar-refractivity contribution in [2.24, 2.45) is 0 Å². The number of aromatic nitrogens is 1. The minimum absolute atomic E-state index is 0.0707. The number of carbonyl (C=O) groups excluding carboxylic acids is 1. The van der Waals surface area contributed by atoms with E-state index in [1.165, 1.54) is 0 Å². The maximum absolute atomic E-state index is 12.4. The van der Waals surface area contributed by atoms with Crippen LogP contribution < -0.4 is 5.32 Å². The Morgan fingerprint density at radius 1 is 1.04 bits per heavy atom. The highest BCUT2D eigenvalue weighted by Gasteiger charge is 2.26. The van der Waals surface area contributed by atoms with Gasteiger partial charge in [-0.1, -0.05) is 30.3 Å². The van der Waals surface area contributed by atoms with E-state index in [0.29, 0.717) is 19.7 Å². The van der Waals surface area contributed by atoms with E-state index in [4.69, 9.17) is 4.74 Å². The molecule has 0 bridgehead atoms. The zero-order chi connectivity index (χ0) is 18.6. The number of ether oxygens (including phenoxy) is 1. The summed E-state index contributed by atoms with van der Waals surface area (Å²) in [4.78, 5) is 18.6. The molecular formula is C22H21N3O2. The SMILES string of the molecule is COCCN1Cc2cc(Nc3cncc(-c4ccccc4)c3)ccc2C1=O. The molecule has 2 aromatic carbocycles. The van der Waals surface area contributed by atoms with Crippen LogP contribution in [0.15, 0.2) is 67.0 Å². The standard InChI is InChI=1S/C22H21N3O2/c1-27-10-9-25-15-18-12-19(7-8-21(18)22(25)26)24-20-11-17(13-23-14-20)16-5-3-2-4-6-16/h2-8,11-14,24H,9-10,15H2,1H3. The predicted molar refractivity (Wildman–Crippen MR) is 106 cm³/mol. The molecule has 5 heteroatoms. The van der Waals surface area contributed by atoms with Crippen LogP contribution in [0, 0.1) is 0 Å². The number of methoxy groups -OCH3 is 1. The van der Waals surface area contributed by atoms with E-state index in [1.54, 1.807) is 13.3 Å². The van der Waals surface area contributed by atoms with Gasteiger partial charge >= 0.3 is 0 Å². The number of anilines is 2. The van der Waals surface area contributed by atoms with Crippen molar-refractivity contribution in [3.63, 3.8) is 0 Å². The van der Waals surface area contributed by atoms with E-state index < -0.39 is 0 Å². The Morgan fingerprint density at radius 2 is 1.89 bits per heavy atom. The Balaban J connectivity index is 1.53. The molecule has 1 aliphatic rings. The largest absolute Gasteiger partial charge is 0.383 e. The summed E-state index contributed by atoms with van der Waals surface area (Å²) in [6.45, 7) is 1.77. The molecule has 0 spiro atoms. The first kappa shape index (κ1) is 17.2. The molecule has 1 aromatic heterocycles. The highest BCUT2D eigenvalue weighted by molar-refractivity contribution is 5.98. The molecule has 1 N–H and O–H groups in total. The quantitative estimate of drug-likeness (QED) is 0.720. The van der Waals surface area contributed by atoms with Crippen molar-refractivity contribution in [3.8, 4) is 11.1 Å². The number of hydrogen-bond acceptors (Lipinski definition) is 4. The smallest absolute Gasteiger partial charge is 0.254 e. The summed E-state index contributed by atoms with van der Waals surface area (Å²) < 4.78 is 5.09. The lowest BCUT2D eigenvalue weighted by atomic mass is 10.1. The highest BCUT2D eigenvalue weighted by Crippen LogP contribution is 2.28. The molecule has 0 saturated heterocycles. The van der Waals surface area contributed by atoms with Crippen LogP contribution in [0.2, 0.25) is 0 Å². The van der Waals surface area contributed by atoms with Crippen molar-refractivity contribution in [2.75, 3.05) is 25.6 Å². The molecule has 5 nitrogen and oxygen atoms in total. The second kappa shape index (κ2) is 7.60. The molecule has 3 aromatic rings. The number of pyridine rings is 1. The molecule has 4 rings (SSSR count). The number of nitrogens with one attached hydrogen (secondary N) is 1. The summed E-state index contributed by atoms with van der Waals surface area (Å²) in [6, 6.07) is 18.1. The fourth-order valence-corrected chi connectivity index (χ4v) is 3.30. The number of carbonyl (C=O) groups is 1. The average molecular weight is 359 g/mol. The molecule has 1 aliphatic heterocycles. The Hall–Kier alpha value is -3.18. The van der Waals surface area contributed by atoms with E-state index in [-0.39, 0.29) is 5.91 Å². The van der Waals surface area contributed by atoms with Crippen molar-refractivity contribution < 1.29 is 9.53 Å². The lowest BCUT2D eigenvalue weighted by Crippen LogP contribution is -2.27. The number of fused-ring (bicyclic) bond motifs is 1. The third-order valence-electron chi connectivity index (χ3n) is 4.68. The van der Waals surface area contributed by atoms with E-state index >= 15 is 0 Å². The second-order valence-electron chi connectivity index (χ2n) is 6.54. The van der Waals surface area contributed by atoms with Crippen molar-refractivity contribution >= 4 is 17.3 Å². The molecule has 0 unspecified atom stereocenters. The van der Waals surface area contributed by atoms with Gasteiger partial charge in [0.15, 0.2) is 0 Å². The molecule has 2 heterocycles. The Labute approximate surface area is 158 Å². The molecule has 0 radical (unpaired) electrons. The molecule has 0 atom stereocenters. The van der Waals surface area contributed by atoms with Crippen LogP contribution in [0.3, 0.4) is 0 Å². The number of nitrogens with zero attached hydrogens (tertiary/aromatic N) is 2. The van der Waals surface area contributed by atoms with Crippen molar-refractivity contribution in [1.82, 2.24) is 9.88 Å². The molecule has 0 aliphatic carbocycles. The number of rotatable bonds is 6. The maximum Gasteiger partial charge on any atom is 0.254 e. The van der Waals surface area contributed by atoms with Crippen LogP contribution in [0.1, 0.15) is 15.9 Å². The number of hydrogen-bond donors (Lipinski definition) is 1. The van der Waals surface area contributed by atoms with Crippen LogP contribution in [0.4, 0.5) is 11.4 Å². The highest BCUT2D eigenvalue weighted by atomic mass is 16.5. The molecule has 1 amide bonds. The van der Waals surface area contributed by atoms with Crippen LogP contribution in [-0.2, 0) is 11.3 Å². The first-order valence-electron chi connectivity index (χ1n) is 8.93. The van der Waals surface area contributed by atoms with Gasteiger partial charge in [0, 0.05) is 43.2 Å². The minimum Gasteiger partial charge on any atom is -0.383 e. The van der Waals surface area contributed by atoms with Gasteiger partial charge in [-0.3, -0.25) is 9.78 Å². The molecule has 0 saturated carbocycles. The topological polar surface area (TPSA) is 54.5 Å². The van der Waals surface area contributed by atoms with Crippen LogP contribution in [0.25, 0.3) is 11.1 Å². The zero-order valence-electron chi connectivity index (χ0n) is 15.2. The van der Waals surface area contributed by atoms with Crippen LogP contribution in [0.5, 0.6) is 0 Å². The fourth-order valence-electron chi connectivity index (χ4n) is 3.30. The minimum atomic E-state index is 0.0707. The Bertz CT molecular complexity index is 957. The summed E-state index contributed by atoms with van der Waals surface area (Å²) in [5, 5.41) is 3.40. The van der Waals surface area contributed by atoms with Gasteiger partial charge in [-0.2, -0.15) is 0 Å². The van der Waals surface area contributed by atoms with E-state index in [9.17, 15) is 4.79 Å². The summed E-state index contributed by atoms with van der Waals surface area (Å²) in [7, 11) is 1.65. The van der Waals surface area contributed by atoms with Gasteiger partial charge in [0.1, 0.15) is 0 Å². The molecular weight excluding hydrogens is 338 g/mol. The van der Waals surface area contributed by atoms with E-state index in [2.05, 4.69) is 28.5 Å². The summed E-state index contributed by atoms with van der Waals surface area (Å²) in [5.74, 6) is 0.0707. The van der Waals surface area contributed by atoms with E-state index in [0.717, 1.165) is 33.6 Å². The summed E-state index contributed by atoms with van der Waals surface area (Å²) in [6.07, 6.45) is 3.66. The van der Waals surface area contributed by atoms with Gasteiger partial charge in [0.05, 0.1) is 18.5 Å². The van der Waals surface area contributed by atoms with Gasteiger partial charge < -0.3 is 15.0 Å². The van der Waals surface area contributed by atoms with Gasteiger partial charge in [0.2, 0.25) is 0 Å². The number of amides is 1. The summed E-state index contributed by atoms with van der Waals surface area (Å²) in [5.41, 5.74) is 5.85. The van der Waals surface area contributed by atoms with Gasteiger partial charge in [-0.25, -0.2) is 0 Å². The first-order valence-corrected chi connectivity index (χ1v) is 8.93. The lowest BCUT2D eigenvalue weighted by Gasteiger charge is -2.14. The van der Waals surface area contributed by atoms with Gasteiger partial charge in [0.25, 0.3) is 5.91 Å². The average Bonchev–Trinajstić information content (AvgIpc) is 3.02. The van der Waals surface area contributed by atoms with Crippen LogP contribution >= 0.6 is 0 Å². The lowest BCUT2D eigenvalue weighted by molar-refractivity contribution is 0.0719. The van der Waals surface area contributed by atoms with E-state index in [1.807, 2.05) is 47.5 Å². The van der Waals surface area contributed by atoms with Crippen molar-refractivity contribution in [2.45, 2.75) is 6.54 Å². The monoisotopic (exact) mass is 359 g/mol. The zero-order valence-corrected chi connectivity index (χ0v) is 15.2. The predicted octanol–water partition coefficient (Wildman–Crippen LogP) is 4.09. The summed E-state index contributed by atoms with van der Waals surface area (Å²) >= 11 is 0. The fraction of sp³-hybridized carbons (Fsp3) is 0.182. The third kappa shape index (κ3) is 3.68. The van der Waals surface area contributed by atoms with Crippen molar-refractivity contribution in [3.05, 3.63) is 78.1 Å². The Kier molecular flexibility index (Phi) is 4.85. The van der Waals surface area contributed by atoms with Crippen LogP contribution in [-0.4, -0.2) is 36.1 Å². The normalized spacial score (nSPS) is 12.9. The second-order valence-corrected chi connectivity index (χ2v) is 6.54. The Morgan fingerprint density at radius 3 is 2.70 bits per heavy atom. The first-order chi connectivity index (χ1) is 13.2.